The van der Waals surface area contributed by atoms with E-state index < -0.39 is 0 Å². The van der Waals surface area contributed by atoms with Crippen molar-refractivity contribution in [3.63, 3.8) is 0 Å². The molecule has 2 rings (SSSR count). The van der Waals surface area contributed by atoms with Crippen LogP contribution in [0.25, 0.3) is 10.6 Å². The molecule has 0 spiro atoms. The van der Waals surface area contributed by atoms with Crippen LogP contribution in [0.2, 0.25) is 0 Å². The monoisotopic (exact) mass is 236 g/mol. The first-order valence-corrected chi connectivity index (χ1v) is 6.19. The summed E-state index contributed by atoms with van der Waals surface area (Å²) in [5.74, 6) is 1.32. The average molecular weight is 236 g/mol. The van der Waals surface area contributed by atoms with E-state index >= 15 is 0 Å². The van der Waals surface area contributed by atoms with Gasteiger partial charge in [-0.2, -0.15) is 0 Å². The van der Waals surface area contributed by atoms with Crippen LogP contribution in [0.4, 0.5) is 0 Å². The maximum Gasteiger partial charge on any atom is 0.127 e. The highest BCUT2D eigenvalue weighted by Crippen LogP contribution is 2.33. The third kappa shape index (κ3) is 1.90. The number of nitrogens with zero attached hydrogens (tertiary/aromatic N) is 1. The van der Waals surface area contributed by atoms with Crippen LogP contribution in [0.5, 0.6) is 0 Å². The zero-order valence-corrected chi connectivity index (χ0v) is 10.6. The van der Waals surface area contributed by atoms with Crippen molar-refractivity contribution in [2.45, 2.75) is 33.2 Å². The summed E-state index contributed by atoms with van der Waals surface area (Å²) < 4.78 is 5.30. The minimum absolute atomic E-state index is 0.413. The van der Waals surface area contributed by atoms with E-state index in [0.717, 1.165) is 22.0 Å². The second-order valence-corrected chi connectivity index (χ2v) is 5.16. The molecule has 0 amide bonds. The smallest absolute Gasteiger partial charge is 0.127 e. The lowest BCUT2D eigenvalue weighted by atomic mass is 10.1. The molecule has 0 saturated carbocycles. The lowest BCUT2D eigenvalue weighted by Crippen LogP contribution is -1.99. The molecule has 0 aliphatic rings. The van der Waals surface area contributed by atoms with Gasteiger partial charge in [-0.3, -0.25) is 0 Å². The Kier molecular flexibility index (Phi) is 3.12. The number of thiazole rings is 1. The zero-order valence-electron chi connectivity index (χ0n) is 9.78. The van der Waals surface area contributed by atoms with Crippen LogP contribution in [0.15, 0.2) is 16.7 Å². The summed E-state index contributed by atoms with van der Waals surface area (Å²) in [6.07, 6.45) is 1.70. The summed E-state index contributed by atoms with van der Waals surface area (Å²) in [4.78, 5) is 5.83. The summed E-state index contributed by atoms with van der Waals surface area (Å²) in [6, 6.07) is 1.96. The van der Waals surface area contributed by atoms with Gasteiger partial charge < -0.3 is 10.2 Å². The van der Waals surface area contributed by atoms with Crippen LogP contribution in [0.1, 0.15) is 36.1 Å². The van der Waals surface area contributed by atoms with Crippen LogP contribution in [-0.2, 0) is 6.54 Å². The lowest BCUT2D eigenvalue weighted by molar-refractivity contribution is 0.535. The second kappa shape index (κ2) is 4.39. The molecule has 0 aliphatic heterocycles. The topological polar surface area (TPSA) is 52.0 Å². The summed E-state index contributed by atoms with van der Waals surface area (Å²) in [5, 5.41) is 1.01. The first-order chi connectivity index (χ1) is 7.63. The van der Waals surface area contributed by atoms with Crippen molar-refractivity contribution in [2.75, 3.05) is 0 Å². The quantitative estimate of drug-likeness (QED) is 0.889. The third-order valence-electron chi connectivity index (χ3n) is 2.55. The first-order valence-electron chi connectivity index (χ1n) is 5.37. The van der Waals surface area contributed by atoms with E-state index in [2.05, 4.69) is 18.8 Å². The standard InChI is InChI=1S/C12H16N2OS/c1-7(2)11-10(6-13)16-12(14-11)9-4-5-15-8(9)3/h4-5,7H,6,13H2,1-3H3. The number of nitrogens with two attached hydrogens (primary N) is 1. The van der Waals surface area contributed by atoms with E-state index in [1.165, 1.54) is 4.88 Å². The predicted molar refractivity (Wildman–Crippen MR) is 66.5 cm³/mol. The van der Waals surface area contributed by atoms with Gasteiger partial charge in [0.05, 0.1) is 17.5 Å². The van der Waals surface area contributed by atoms with Gasteiger partial charge in [0.1, 0.15) is 10.8 Å². The van der Waals surface area contributed by atoms with E-state index in [0.29, 0.717) is 12.5 Å². The highest BCUT2D eigenvalue weighted by atomic mass is 32.1. The third-order valence-corrected chi connectivity index (χ3v) is 3.68. The first kappa shape index (κ1) is 11.4. The van der Waals surface area contributed by atoms with Gasteiger partial charge in [0.25, 0.3) is 0 Å². The Hall–Kier alpha value is -1.13. The molecule has 0 unspecified atom stereocenters. The largest absolute Gasteiger partial charge is 0.469 e. The molecule has 0 saturated heterocycles. The fourth-order valence-corrected chi connectivity index (χ4v) is 2.85. The van der Waals surface area contributed by atoms with E-state index in [9.17, 15) is 0 Å². The highest BCUT2D eigenvalue weighted by Gasteiger charge is 2.16. The van der Waals surface area contributed by atoms with Crippen molar-refractivity contribution in [3.8, 4) is 10.6 Å². The van der Waals surface area contributed by atoms with Gasteiger partial charge in [0, 0.05) is 11.4 Å². The summed E-state index contributed by atoms with van der Waals surface area (Å²) >= 11 is 1.66. The lowest BCUT2D eigenvalue weighted by Gasteiger charge is -2.01. The molecule has 16 heavy (non-hydrogen) atoms. The molecular formula is C12H16N2OS. The Morgan fingerprint density at radius 2 is 2.25 bits per heavy atom. The molecule has 0 atom stereocenters. The van der Waals surface area contributed by atoms with Gasteiger partial charge >= 0.3 is 0 Å². The molecule has 2 aromatic rings. The van der Waals surface area contributed by atoms with Crippen LogP contribution < -0.4 is 5.73 Å². The van der Waals surface area contributed by atoms with E-state index in [1.807, 2.05) is 13.0 Å². The number of hydrogen-bond donors (Lipinski definition) is 1. The van der Waals surface area contributed by atoms with Gasteiger partial charge in [-0.15, -0.1) is 11.3 Å². The Labute approximate surface area is 99.3 Å². The number of furan rings is 1. The minimum Gasteiger partial charge on any atom is -0.469 e. The van der Waals surface area contributed by atoms with Crippen LogP contribution >= 0.6 is 11.3 Å². The van der Waals surface area contributed by atoms with Crippen molar-refractivity contribution >= 4 is 11.3 Å². The van der Waals surface area contributed by atoms with Crippen molar-refractivity contribution in [1.29, 1.82) is 0 Å². The maximum absolute atomic E-state index is 5.74. The molecule has 0 radical (unpaired) electrons. The van der Waals surface area contributed by atoms with Crippen molar-refractivity contribution in [2.24, 2.45) is 5.73 Å². The Balaban J connectivity index is 2.48. The fourth-order valence-electron chi connectivity index (χ4n) is 1.68. The normalized spacial score (nSPS) is 11.3. The van der Waals surface area contributed by atoms with Gasteiger partial charge in [0.15, 0.2) is 0 Å². The zero-order chi connectivity index (χ0) is 11.7. The van der Waals surface area contributed by atoms with Gasteiger partial charge in [-0.05, 0) is 18.9 Å². The van der Waals surface area contributed by atoms with Crippen molar-refractivity contribution in [3.05, 3.63) is 28.7 Å². The minimum atomic E-state index is 0.413. The SMILES string of the molecule is Cc1occc1-c1nc(C(C)C)c(CN)s1. The van der Waals surface area contributed by atoms with Gasteiger partial charge in [-0.25, -0.2) is 4.98 Å². The molecule has 0 aliphatic carbocycles. The maximum atomic E-state index is 5.74. The van der Waals surface area contributed by atoms with E-state index in [4.69, 9.17) is 10.2 Å². The second-order valence-electron chi connectivity index (χ2n) is 4.08. The Morgan fingerprint density at radius 1 is 1.50 bits per heavy atom. The molecule has 86 valence electrons. The molecule has 4 heteroatoms. The molecule has 2 heterocycles. The Bertz CT molecular complexity index is 485. The average Bonchev–Trinajstić information content (AvgIpc) is 2.82. The van der Waals surface area contributed by atoms with E-state index in [1.54, 1.807) is 17.6 Å². The molecule has 0 bridgehead atoms. The predicted octanol–water partition coefficient (Wildman–Crippen LogP) is 3.29. The van der Waals surface area contributed by atoms with Crippen LogP contribution in [0, 0.1) is 6.92 Å². The highest BCUT2D eigenvalue weighted by molar-refractivity contribution is 7.15. The number of aryl methyl sites for hydroxylation is 1. The molecule has 2 aromatic heterocycles. The molecule has 0 fully saturated rings. The summed E-state index contributed by atoms with van der Waals surface area (Å²) in [6.45, 7) is 6.79. The molecule has 2 N–H and O–H groups in total. The number of hydrogen-bond acceptors (Lipinski definition) is 4. The van der Waals surface area contributed by atoms with Gasteiger partial charge in [-0.1, -0.05) is 13.8 Å². The molecule has 0 aromatic carbocycles. The number of rotatable bonds is 3. The number of aromatic nitrogens is 1. The van der Waals surface area contributed by atoms with Crippen molar-refractivity contribution < 1.29 is 4.42 Å². The van der Waals surface area contributed by atoms with E-state index in [-0.39, 0.29) is 0 Å². The molecule has 3 nitrogen and oxygen atoms in total. The summed E-state index contributed by atoms with van der Waals surface area (Å²) in [5.41, 5.74) is 7.93. The Morgan fingerprint density at radius 3 is 2.69 bits per heavy atom. The molecular weight excluding hydrogens is 220 g/mol. The van der Waals surface area contributed by atoms with Crippen LogP contribution in [0.3, 0.4) is 0 Å². The summed E-state index contributed by atoms with van der Waals surface area (Å²) in [7, 11) is 0. The fraction of sp³-hybridized carbons (Fsp3) is 0.417. The van der Waals surface area contributed by atoms with Crippen molar-refractivity contribution in [1.82, 2.24) is 4.98 Å². The van der Waals surface area contributed by atoms with Gasteiger partial charge in [0.2, 0.25) is 0 Å². The van der Waals surface area contributed by atoms with Crippen LogP contribution in [-0.4, -0.2) is 4.98 Å².